The minimum Gasteiger partial charge on any atom is -0.460 e. The van der Waals surface area contributed by atoms with Gasteiger partial charge in [-0.15, -0.1) is 0 Å². The van der Waals surface area contributed by atoms with Crippen molar-refractivity contribution in [2.75, 3.05) is 13.2 Å². The molecule has 226 valence electrons. The average molecular weight is 603 g/mol. The fraction of sp³-hybridized carbons (Fsp3) is 0.167. The zero-order chi connectivity index (χ0) is 31.2. The third-order valence-corrected chi connectivity index (χ3v) is 7.52. The molecule has 0 bridgehead atoms. The molecule has 0 radical (unpaired) electrons. The van der Waals surface area contributed by atoms with Crippen molar-refractivity contribution in [1.82, 2.24) is 10.3 Å². The summed E-state index contributed by atoms with van der Waals surface area (Å²) in [6, 6.07) is 29.0. The van der Waals surface area contributed by atoms with E-state index >= 15 is 0 Å². The van der Waals surface area contributed by atoms with Gasteiger partial charge in [0.2, 0.25) is 0 Å². The van der Waals surface area contributed by atoms with Crippen LogP contribution in [0.1, 0.15) is 38.9 Å². The van der Waals surface area contributed by atoms with E-state index in [0.717, 1.165) is 27.8 Å². The quantitative estimate of drug-likeness (QED) is 0.105. The van der Waals surface area contributed by atoms with Gasteiger partial charge in [-0.2, -0.15) is 0 Å². The minimum atomic E-state index is -1.15. The summed E-state index contributed by atoms with van der Waals surface area (Å²) in [4.78, 5) is 43.0. The van der Waals surface area contributed by atoms with Crippen LogP contribution >= 0.6 is 0 Å². The average Bonchev–Trinajstić information content (AvgIpc) is 3.63. The van der Waals surface area contributed by atoms with Gasteiger partial charge in [-0.1, -0.05) is 91.5 Å². The lowest BCUT2D eigenvalue weighted by molar-refractivity contribution is -0.144. The van der Waals surface area contributed by atoms with Gasteiger partial charge < -0.3 is 23.9 Å². The lowest BCUT2D eigenvalue weighted by Crippen LogP contribution is -2.44. The largest absolute Gasteiger partial charge is 0.460 e. The van der Waals surface area contributed by atoms with Crippen LogP contribution in [0, 0.1) is 0 Å². The van der Waals surface area contributed by atoms with Gasteiger partial charge in [0.05, 0.1) is 12.0 Å². The van der Waals surface area contributed by atoms with E-state index in [4.69, 9.17) is 18.6 Å². The van der Waals surface area contributed by atoms with Gasteiger partial charge in [0, 0.05) is 5.92 Å². The number of rotatable bonds is 11. The molecular weight excluding hydrogens is 572 g/mol. The zero-order valence-electron chi connectivity index (χ0n) is 24.3. The summed E-state index contributed by atoms with van der Waals surface area (Å²) in [5, 5.41) is 2.61. The van der Waals surface area contributed by atoms with Gasteiger partial charge in [0.25, 0.3) is 0 Å². The number of hydrogen-bond acceptors (Lipinski definition) is 8. The van der Waals surface area contributed by atoms with Crippen LogP contribution in [0.4, 0.5) is 4.79 Å². The normalized spacial score (nSPS) is 12.5. The van der Waals surface area contributed by atoms with E-state index in [1.807, 2.05) is 66.7 Å². The monoisotopic (exact) mass is 602 g/mol. The summed E-state index contributed by atoms with van der Waals surface area (Å²) in [7, 11) is 0. The van der Waals surface area contributed by atoms with Crippen molar-refractivity contribution in [3.8, 4) is 11.1 Å². The highest BCUT2D eigenvalue weighted by Gasteiger charge is 2.30. The van der Waals surface area contributed by atoms with Crippen LogP contribution in [0.25, 0.3) is 22.2 Å². The highest BCUT2D eigenvalue weighted by atomic mass is 16.6. The number of alkyl carbamates (subject to hydrolysis) is 1. The van der Waals surface area contributed by atoms with Crippen molar-refractivity contribution in [2.24, 2.45) is 0 Å². The molecule has 1 heterocycles. The smallest absolute Gasteiger partial charge is 0.407 e. The molecule has 0 saturated heterocycles. The number of esters is 2. The zero-order valence-corrected chi connectivity index (χ0v) is 24.3. The number of aromatic nitrogens is 1. The molecule has 0 aliphatic heterocycles. The summed E-state index contributed by atoms with van der Waals surface area (Å²) >= 11 is 0. The Morgan fingerprint density at radius 1 is 0.867 bits per heavy atom. The van der Waals surface area contributed by atoms with Crippen LogP contribution in [0.2, 0.25) is 0 Å². The molecule has 9 nitrogen and oxygen atoms in total. The maximum Gasteiger partial charge on any atom is 0.407 e. The molecular formula is C36H30N2O7. The Bertz CT molecular complexity index is 1820. The minimum absolute atomic E-state index is 0.0380. The number of benzene rings is 4. The van der Waals surface area contributed by atoms with E-state index in [0.29, 0.717) is 16.7 Å². The van der Waals surface area contributed by atoms with Gasteiger partial charge in [0.15, 0.2) is 11.5 Å². The fourth-order valence-electron chi connectivity index (χ4n) is 5.39. The predicted octanol–water partition coefficient (Wildman–Crippen LogP) is 6.36. The molecule has 1 N–H and O–H groups in total. The first-order valence-corrected chi connectivity index (χ1v) is 14.5. The third kappa shape index (κ3) is 6.62. The number of nitrogens with zero attached hydrogens (tertiary/aromatic N) is 1. The molecule has 9 heteroatoms. The van der Waals surface area contributed by atoms with Crippen LogP contribution in [0.15, 0.2) is 114 Å². The summed E-state index contributed by atoms with van der Waals surface area (Å²) < 4.78 is 22.1. The first kappa shape index (κ1) is 29.4. The Hall–Kier alpha value is -5.70. The van der Waals surface area contributed by atoms with Crippen molar-refractivity contribution >= 4 is 29.1 Å². The van der Waals surface area contributed by atoms with Crippen molar-refractivity contribution in [1.29, 1.82) is 0 Å². The standard InChI is InChI=1S/C36H30N2O7/c1-2-18-42-35(40)31(38-36(41)44-22-29-27-14-8-6-12-25(27)26-13-7-9-15-28(26)29)20-33-37-30-19-24(16-17-32(30)45-33)34(39)43-21-23-10-4-3-5-11-23/h2-17,19,29,31H,1,18,20-22H2,(H,38,41)/t31-/m0/s1. The molecule has 45 heavy (non-hydrogen) atoms. The summed E-state index contributed by atoms with van der Waals surface area (Å²) in [5.74, 6) is -1.18. The Balaban J connectivity index is 1.13. The van der Waals surface area contributed by atoms with Gasteiger partial charge in [-0.3, -0.25) is 0 Å². The van der Waals surface area contributed by atoms with E-state index < -0.39 is 24.1 Å². The maximum atomic E-state index is 13.0. The first-order valence-electron chi connectivity index (χ1n) is 14.5. The Morgan fingerprint density at radius 3 is 2.27 bits per heavy atom. The first-order chi connectivity index (χ1) is 22.0. The third-order valence-electron chi connectivity index (χ3n) is 7.52. The van der Waals surface area contributed by atoms with E-state index in [1.165, 1.54) is 6.08 Å². The van der Waals surface area contributed by atoms with Crippen molar-refractivity contribution in [3.63, 3.8) is 0 Å². The molecule has 0 saturated carbocycles. The van der Waals surface area contributed by atoms with Gasteiger partial charge >= 0.3 is 18.0 Å². The number of amides is 1. The number of carbonyl (C=O) groups excluding carboxylic acids is 3. The second kappa shape index (κ2) is 13.3. The number of oxazole rings is 1. The molecule has 1 amide bonds. The molecule has 6 rings (SSSR count). The molecule has 1 aromatic heterocycles. The van der Waals surface area contributed by atoms with E-state index in [-0.39, 0.29) is 38.1 Å². The number of hydrogen-bond donors (Lipinski definition) is 1. The Labute approximate surface area is 259 Å². The summed E-state index contributed by atoms with van der Waals surface area (Å²) in [6.07, 6.45) is 0.542. The Kier molecular flexibility index (Phi) is 8.68. The van der Waals surface area contributed by atoms with E-state index in [2.05, 4.69) is 29.0 Å². The molecule has 0 unspecified atom stereocenters. The Morgan fingerprint density at radius 2 is 1.56 bits per heavy atom. The number of nitrogens with one attached hydrogen (secondary N) is 1. The van der Waals surface area contributed by atoms with E-state index in [1.54, 1.807) is 18.2 Å². The van der Waals surface area contributed by atoms with E-state index in [9.17, 15) is 14.4 Å². The molecule has 1 atom stereocenters. The molecule has 1 aliphatic carbocycles. The van der Waals surface area contributed by atoms with Crippen molar-refractivity contribution in [3.05, 3.63) is 138 Å². The highest BCUT2D eigenvalue weighted by Crippen LogP contribution is 2.44. The van der Waals surface area contributed by atoms with Crippen LogP contribution in [-0.4, -0.2) is 42.3 Å². The molecule has 0 fully saturated rings. The van der Waals surface area contributed by atoms with Crippen molar-refractivity contribution < 1.29 is 33.0 Å². The second-order valence-electron chi connectivity index (χ2n) is 10.5. The maximum absolute atomic E-state index is 13.0. The van der Waals surface area contributed by atoms with Crippen LogP contribution in [0.3, 0.4) is 0 Å². The lowest BCUT2D eigenvalue weighted by atomic mass is 9.98. The fourth-order valence-corrected chi connectivity index (χ4v) is 5.39. The molecule has 5 aromatic rings. The number of carbonyl (C=O) groups is 3. The topological polar surface area (TPSA) is 117 Å². The second-order valence-corrected chi connectivity index (χ2v) is 10.5. The number of ether oxygens (including phenoxy) is 3. The summed E-state index contributed by atoms with van der Waals surface area (Å²) in [6.45, 7) is 3.75. The van der Waals surface area contributed by atoms with Crippen LogP contribution in [0.5, 0.6) is 0 Å². The SMILES string of the molecule is C=CCOC(=O)[C@H](Cc1nc2cc(C(=O)OCc3ccccc3)ccc2o1)NC(=O)OCC1c2ccccc2-c2ccccc21. The van der Waals surface area contributed by atoms with Crippen LogP contribution < -0.4 is 5.32 Å². The van der Waals surface area contributed by atoms with Gasteiger partial charge in [-0.05, 0) is 46.0 Å². The van der Waals surface area contributed by atoms with Gasteiger partial charge in [0.1, 0.15) is 31.4 Å². The van der Waals surface area contributed by atoms with Gasteiger partial charge in [-0.25, -0.2) is 19.4 Å². The van der Waals surface area contributed by atoms with Crippen molar-refractivity contribution in [2.45, 2.75) is 25.0 Å². The summed E-state index contributed by atoms with van der Waals surface area (Å²) in [5.41, 5.74) is 6.34. The molecule has 4 aromatic carbocycles. The highest BCUT2D eigenvalue weighted by molar-refractivity contribution is 5.93. The molecule has 1 aliphatic rings. The molecule has 0 spiro atoms. The van der Waals surface area contributed by atoms with Crippen LogP contribution in [-0.2, 0) is 32.0 Å². The number of fused-ring (bicyclic) bond motifs is 4. The lowest BCUT2D eigenvalue weighted by Gasteiger charge is -2.18. The predicted molar refractivity (Wildman–Crippen MR) is 166 cm³/mol.